The van der Waals surface area contributed by atoms with Crippen LogP contribution in [0, 0.1) is 0 Å². The van der Waals surface area contributed by atoms with Crippen LogP contribution in [0.2, 0.25) is 0 Å². The third-order valence-corrected chi connectivity index (χ3v) is 4.58. The first-order valence-electron chi connectivity index (χ1n) is 7.89. The van der Waals surface area contributed by atoms with E-state index in [4.69, 9.17) is 4.74 Å². The molecule has 1 aromatic carbocycles. The van der Waals surface area contributed by atoms with Gasteiger partial charge in [0.05, 0.1) is 12.9 Å². The highest BCUT2D eigenvalue weighted by atomic mass is 19.2. The Kier molecular flexibility index (Phi) is 4.04. The van der Waals surface area contributed by atoms with Gasteiger partial charge in [0, 0.05) is 5.56 Å². The van der Waals surface area contributed by atoms with Crippen molar-refractivity contribution < 1.29 is 24.5 Å². The Balaban J connectivity index is 1.99. The number of benzene rings is 1. The zero-order chi connectivity index (χ0) is 18.3. The number of aromatic nitrogens is 4. The van der Waals surface area contributed by atoms with E-state index in [0.29, 0.717) is 5.56 Å². The summed E-state index contributed by atoms with van der Waals surface area (Å²) in [5.41, 5.74) is 0.666. The molecule has 10 heteroatoms. The van der Waals surface area contributed by atoms with E-state index in [9.17, 15) is 19.8 Å². The quantitative estimate of drug-likeness (QED) is 0.476. The van der Waals surface area contributed by atoms with Crippen LogP contribution in [-0.2, 0) is 10.5 Å². The number of anilines is 1. The number of halogens is 1. The summed E-state index contributed by atoms with van der Waals surface area (Å²) in [5, 5.41) is 30.7. The average molecular weight is 361 g/mol. The Morgan fingerprint density at radius 2 is 1.96 bits per heavy atom. The molecule has 4 rings (SSSR count). The van der Waals surface area contributed by atoms with Gasteiger partial charge in [-0.25, -0.2) is 20.5 Å². The maximum Gasteiger partial charge on any atom is 0.203 e. The average Bonchev–Trinajstić information content (AvgIpc) is 3.23. The highest BCUT2D eigenvalue weighted by molar-refractivity contribution is 5.82. The Labute approximate surface area is 146 Å². The molecule has 1 aliphatic heterocycles. The Hall–Kier alpha value is -2.66. The van der Waals surface area contributed by atoms with Crippen molar-refractivity contribution in [3.63, 3.8) is 0 Å². The second-order valence-electron chi connectivity index (χ2n) is 5.94. The predicted molar refractivity (Wildman–Crippen MR) is 87.5 cm³/mol. The minimum atomic E-state index is -1.61. The van der Waals surface area contributed by atoms with Crippen molar-refractivity contribution in [2.45, 2.75) is 24.0 Å². The molecule has 0 unspecified atom stereocenters. The summed E-state index contributed by atoms with van der Waals surface area (Å²) in [7, 11) is 0. The van der Waals surface area contributed by atoms with E-state index in [-0.39, 0.29) is 17.0 Å². The van der Waals surface area contributed by atoms with Crippen LogP contribution in [0.3, 0.4) is 0 Å². The molecule has 1 aliphatic rings. The van der Waals surface area contributed by atoms with Crippen LogP contribution in [0.15, 0.2) is 43.0 Å². The van der Waals surface area contributed by atoms with Gasteiger partial charge in [-0.05, 0) is 0 Å². The number of aliphatic hydroxyl groups excluding tert-OH is 3. The highest BCUT2D eigenvalue weighted by Gasteiger charge is 2.57. The lowest BCUT2D eigenvalue weighted by molar-refractivity contribution is -0.115. The number of rotatable bonds is 4. The minimum absolute atomic E-state index is 0.128. The van der Waals surface area contributed by atoms with Crippen LogP contribution in [0.5, 0.6) is 0 Å². The summed E-state index contributed by atoms with van der Waals surface area (Å²) in [6, 6.07) is 8.69. The molecule has 0 aliphatic carbocycles. The van der Waals surface area contributed by atoms with Gasteiger partial charge in [-0.15, -0.1) is 4.48 Å². The molecule has 0 spiro atoms. The molecule has 2 aromatic heterocycles. The Morgan fingerprint density at radius 1 is 1.19 bits per heavy atom. The summed E-state index contributed by atoms with van der Waals surface area (Å²) in [6.45, 7) is -0.494. The molecule has 9 nitrogen and oxygen atoms in total. The second kappa shape index (κ2) is 6.25. The van der Waals surface area contributed by atoms with E-state index in [1.807, 2.05) is 0 Å². The third-order valence-electron chi connectivity index (χ3n) is 4.58. The second-order valence-corrected chi connectivity index (χ2v) is 5.94. The fraction of sp³-hybridized carbons (Fsp3) is 0.312. The van der Waals surface area contributed by atoms with E-state index in [0.717, 1.165) is 6.33 Å². The topological polar surface area (TPSA) is 126 Å². The number of imidazole rings is 1. The van der Waals surface area contributed by atoms with Crippen molar-refractivity contribution in [1.29, 1.82) is 0 Å². The summed E-state index contributed by atoms with van der Waals surface area (Å²) in [6.07, 6.45) is -1.34. The number of nitrogens with one attached hydrogen (secondary N) is 1. The van der Waals surface area contributed by atoms with Crippen molar-refractivity contribution in [1.82, 2.24) is 19.5 Å². The van der Waals surface area contributed by atoms with Crippen molar-refractivity contribution in [3.05, 3.63) is 48.5 Å². The van der Waals surface area contributed by atoms with Crippen LogP contribution in [0.1, 0.15) is 5.56 Å². The van der Waals surface area contributed by atoms with Gasteiger partial charge in [0.1, 0.15) is 24.6 Å². The Morgan fingerprint density at radius 3 is 2.62 bits per heavy atom. The van der Waals surface area contributed by atoms with Gasteiger partial charge < -0.3 is 20.1 Å². The fourth-order valence-corrected chi connectivity index (χ4v) is 3.35. The maximum atomic E-state index is 13.0. The number of fused-ring (bicyclic) bond motifs is 1. The van der Waals surface area contributed by atoms with Gasteiger partial charge in [0.25, 0.3) is 0 Å². The van der Waals surface area contributed by atoms with Crippen molar-refractivity contribution in [2.75, 3.05) is 12.1 Å². The summed E-state index contributed by atoms with van der Waals surface area (Å²) in [5.74, 6) is -0.135. The van der Waals surface area contributed by atoms with Gasteiger partial charge in [-0.2, -0.15) is 0 Å². The van der Waals surface area contributed by atoms with Crippen molar-refractivity contribution in [2.24, 2.45) is 0 Å². The molecule has 26 heavy (non-hydrogen) atoms. The lowest BCUT2D eigenvalue weighted by atomic mass is 9.94. The van der Waals surface area contributed by atoms with E-state index in [2.05, 4.69) is 15.0 Å². The zero-order valence-electron chi connectivity index (χ0n) is 13.4. The van der Waals surface area contributed by atoms with Crippen LogP contribution in [0.25, 0.3) is 11.2 Å². The van der Waals surface area contributed by atoms with E-state index in [1.54, 1.807) is 30.3 Å². The molecule has 4 atom stereocenters. The smallest absolute Gasteiger partial charge is 0.203 e. The monoisotopic (exact) mass is 361 g/mol. The fourth-order valence-electron chi connectivity index (χ4n) is 3.35. The van der Waals surface area contributed by atoms with Crippen LogP contribution in [0.4, 0.5) is 10.3 Å². The van der Waals surface area contributed by atoms with Crippen molar-refractivity contribution >= 4 is 17.0 Å². The van der Waals surface area contributed by atoms with Crippen LogP contribution >= 0.6 is 0 Å². The van der Waals surface area contributed by atoms with Crippen molar-refractivity contribution in [3.8, 4) is 0 Å². The van der Waals surface area contributed by atoms with Crippen LogP contribution < -0.4 is 5.54 Å². The SMILES string of the molecule is OC[C@H]1O[C@@](c2ccccc2)(n2cnc3c(NF)ncnc32)[C@H](O)[C@@H]1O. The normalized spacial score (nSPS) is 28.5. The molecule has 0 amide bonds. The molecular weight excluding hydrogens is 345 g/mol. The molecule has 0 bridgehead atoms. The standard InChI is InChI=1S/C16H16FN5O4/c17-21-14-11-15(19-7-18-14)22(8-20-11)16(9-4-2-1-3-5-9)13(25)12(24)10(6-23)26-16/h1-5,7-8,10,12-13,23-25H,6H2,(H,18,19,21)/t10-,12-,13-,16-/m1/s1. The maximum absolute atomic E-state index is 13.0. The van der Waals surface area contributed by atoms with E-state index >= 15 is 0 Å². The predicted octanol–water partition coefficient (Wildman–Crippen LogP) is -0.0633. The minimum Gasteiger partial charge on any atom is -0.394 e. The highest BCUT2D eigenvalue weighted by Crippen LogP contribution is 2.42. The lowest BCUT2D eigenvalue weighted by Crippen LogP contribution is -2.46. The molecule has 3 heterocycles. The number of ether oxygens (including phenoxy) is 1. The number of nitrogens with zero attached hydrogens (tertiary/aromatic N) is 4. The lowest BCUT2D eigenvalue weighted by Gasteiger charge is -2.34. The largest absolute Gasteiger partial charge is 0.394 e. The van der Waals surface area contributed by atoms with Crippen LogP contribution in [-0.4, -0.2) is 59.8 Å². The van der Waals surface area contributed by atoms with Gasteiger partial charge in [0.15, 0.2) is 17.0 Å². The first-order valence-corrected chi connectivity index (χ1v) is 7.89. The third kappa shape index (κ3) is 2.20. The van der Waals surface area contributed by atoms with Gasteiger partial charge in [-0.1, -0.05) is 30.3 Å². The van der Waals surface area contributed by atoms with Gasteiger partial charge >= 0.3 is 0 Å². The number of aliphatic hydroxyl groups is 3. The molecule has 4 N–H and O–H groups in total. The molecule has 0 saturated carbocycles. The molecule has 1 saturated heterocycles. The van der Waals surface area contributed by atoms with E-state index < -0.39 is 30.6 Å². The molecular formula is C16H16FN5O4. The number of hydrogen-bond acceptors (Lipinski definition) is 8. The number of hydrogen-bond donors (Lipinski definition) is 4. The summed E-state index contributed by atoms with van der Waals surface area (Å²) < 4.78 is 20.3. The zero-order valence-corrected chi connectivity index (χ0v) is 13.4. The molecule has 3 aromatic rings. The van der Waals surface area contributed by atoms with Gasteiger partial charge in [-0.3, -0.25) is 4.57 Å². The Bertz CT molecular complexity index is 923. The molecule has 136 valence electrons. The molecule has 0 radical (unpaired) electrons. The van der Waals surface area contributed by atoms with E-state index in [1.165, 1.54) is 16.4 Å². The first kappa shape index (κ1) is 16.8. The summed E-state index contributed by atoms with van der Waals surface area (Å²) in [4.78, 5) is 12.0. The molecule has 1 fully saturated rings. The summed E-state index contributed by atoms with van der Waals surface area (Å²) >= 11 is 0. The first-order chi connectivity index (χ1) is 12.6. The van der Waals surface area contributed by atoms with Gasteiger partial charge in [0.2, 0.25) is 5.72 Å².